The van der Waals surface area contributed by atoms with E-state index in [1.54, 1.807) is 6.26 Å². The molecule has 0 aliphatic carbocycles. The summed E-state index contributed by atoms with van der Waals surface area (Å²) in [5.41, 5.74) is 2.28. The summed E-state index contributed by atoms with van der Waals surface area (Å²) in [4.78, 5) is 0. The van der Waals surface area contributed by atoms with Gasteiger partial charge in [-0.05, 0) is 23.1 Å². The van der Waals surface area contributed by atoms with Gasteiger partial charge in [0.25, 0.3) is 0 Å². The minimum absolute atomic E-state index is 0.0764. The van der Waals surface area contributed by atoms with Crippen LogP contribution >= 0.6 is 11.8 Å². The van der Waals surface area contributed by atoms with Gasteiger partial charge in [0.05, 0.1) is 18.6 Å². The number of sulfone groups is 1. The second-order valence-electron chi connectivity index (χ2n) is 7.78. The van der Waals surface area contributed by atoms with Gasteiger partial charge in [-0.25, -0.2) is 8.42 Å². The molecule has 3 rings (SSSR count). The number of furan rings is 1. The quantitative estimate of drug-likeness (QED) is 0.538. The Morgan fingerprint density at radius 3 is 2.39 bits per heavy atom. The normalized spacial score (nSPS) is 12.4. The van der Waals surface area contributed by atoms with Crippen LogP contribution in [0, 0.1) is 0 Å². The van der Waals surface area contributed by atoms with Gasteiger partial charge in [0, 0.05) is 17.6 Å². The van der Waals surface area contributed by atoms with Gasteiger partial charge in [-0.3, -0.25) is 4.57 Å². The molecular weight excluding hydrogens is 394 g/mol. The summed E-state index contributed by atoms with van der Waals surface area (Å²) in [6.45, 7) is 7.02. The SMILES string of the molecule is CC(C)(C)c1ccc(-c2nnc(SCCS(C)(=O)=O)n2Cc2ccco2)cc1. The number of benzene rings is 1. The van der Waals surface area contributed by atoms with Crippen molar-refractivity contribution in [3.63, 3.8) is 0 Å². The van der Waals surface area contributed by atoms with Crippen molar-refractivity contribution in [3.05, 3.63) is 54.0 Å². The van der Waals surface area contributed by atoms with E-state index in [1.807, 2.05) is 28.8 Å². The van der Waals surface area contributed by atoms with Crippen LogP contribution in [-0.2, 0) is 21.8 Å². The van der Waals surface area contributed by atoms with E-state index in [0.29, 0.717) is 17.5 Å². The second-order valence-corrected chi connectivity index (χ2v) is 11.1. The maximum Gasteiger partial charge on any atom is 0.191 e. The average molecular weight is 420 g/mol. The highest BCUT2D eigenvalue weighted by atomic mass is 32.2. The molecule has 0 bridgehead atoms. The summed E-state index contributed by atoms with van der Waals surface area (Å²) in [6.07, 6.45) is 2.87. The van der Waals surface area contributed by atoms with Crippen LogP contribution in [0.1, 0.15) is 32.1 Å². The second kappa shape index (κ2) is 8.13. The lowest BCUT2D eigenvalue weighted by Gasteiger charge is -2.19. The molecule has 0 N–H and O–H groups in total. The molecule has 0 amide bonds. The van der Waals surface area contributed by atoms with Gasteiger partial charge in [0.1, 0.15) is 15.6 Å². The molecule has 6 nitrogen and oxygen atoms in total. The zero-order valence-corrected chi connectivity index (χ0v) is 18.2. The van der Waals surface area contributed by atoms with Crippen molar-refractivity contribution in [2.45, 2.75) is 37.9 Å². The molecule has 8 heteroatoms. The monoisotopic (exact) mass is 419 g/mol. The lowest BCUT2D eigenvalue weighted by molar-refractivity contribution is 0.485. The van der Waals surface area contributed by atoms with Gasteiger partial charge in [0.15, 0.2) is 11.0 Å². The largest absolute Gasteiger partial charge is 0.467 e. The Morgan fingerprint density at radius 2 is 1.82 bits per heavy atom. The van der Waals surface area contributed by atoms with Gasteiger partial charge in [-0.15, -0.1) is 10.2 Å². The summed E-state index contributed by atoms with van der Waals surface area (Å²) < 4.78 is 30.3. The van der Waals surface area contributed by atoms with E-state index in [4.69, 9.17) is 4.42 Å². The van der Waals surface area contributed by atoms with Crippen LogP contribution in [0.2, 0.25) is 0 Å². The van der Waals surface area contributed by atoms with Crippen molar-refractivity contribution in [2.75, 3.05) is 17.8 Å². The minimum Gasteiger partial charge on any atom is -0.467 e. The van der Waals surface area contributed by atoms with Gasteiger partial charge < -0.3 is 4.42 Å². The lowest BCUT2D eigenvalue weighted by Crippen LogP contribution is -2.10. The number of nitrogens with zero attached hydrogens (tertiary/aromatic N) is 3. The summed E-state index contributed by atoms with van der Waals surface area (Å²) in [6, 6.07) is 12.1. The highest BCUT2D eigenvalue weighted by Crippen LogP contribution is 2.28. The zero-order valence-electron chi connectivity index (χ0n) is 16.5. The topological polar surface area (TPSA) is 78.0 Å². The first kappa shape index (κ1) is 20.7. The number of rotatable bonds is 7. The molecule has 0 aliphatic rings. The lowest BCUT2D eigenvalue weighted by atomic mass is 9.87. The fourth-order valence-corrected chi connectivity index (χ4v) is 4.85. The predicted molar refractivity (Wildman–Crippen MR) is 112 cm³/mol. The van der Waals surface area contributed by atoms with Crippen LogP contribution in [0.15, 0.2) is 52.2 Å². The van der Waals surface area contributed by atoms with Crippen molar-refractivity contribution < 1.29 is 12.8 Å². The van der Waals surface area contributed by atoms with Crippen LogP contribution in [0.5, 0.6) is 0 Å². The standard InChI is InChI=1S/C20H25N3O3S2/c1-20(2,3)16-9-7-15(8-10-16)18-21-22-19(27-12-13-28(4,24)25)23(18)14-17-6-5-11-26-17/h5-11H,12-14H2,1-4H3. The molecule has 0 saturated carbocycles. The van der Waals surface area contributed by atoms with Crippen molar-refractivity contribution in [3.8, 4) is 11.4 Å². The predicted octanol–water partition coefficient (Wildman–Crippen LogP) is 4.02. The fraction of sp³-hybridized carbons (Fsp3) is 0.400. The summed E-state index contributed by atoms with van der Waals surface area (Å²) >= 11 is 1.39. The van der Waals surface area contributed by atoms with E-state index in [0.717, 1.165) is 17.1 Å². The van der Waals surface area contributed by atoms with Crippen LogP contribution in [0.3, 0.4) is 0 Å². The third kappa shape index (κ3) is 5.26. The number of hydrogen-bond acceptors (Lipinski definition) is 6. The number of aromatic nitrogens is 3. The molecule has 0 aliphatic heterocycles. The van der Waals surface area contributed by atoms with Crippen LogP contribution < -0.4 is 0 Å². The molecule has 1 aromatic carbocycles. The average Bonchev–Trinajstić information content (AvgIpc) is 3.24. The Kier molecular flexibility index (Phi) is 6.00. The highest BCUT2D eigenvalue weighted by molar-refractivity contribution is 8.00. The van der Waals surface area contributed by atoms with Crippen molar-refractivity contribution >= 4 is 21.6 Å². The molecule has 0 atom stereocenters. The first-order valence-corrected chi connectivity index (χ1v) is 12.0. The Morgan fingerprint density at radius 1 is 1.11 bits per heavy atom. The fourth-order valence-electron chi connectivity index (χ4n) is 2.71. The molecule has 0 fully saturated rings. The molecule has 2 heterocycles. The van der Waals surface area contributed by atoms with Crippen LogP contribution in [0.4, 0.5) is 0 Å². The maximum atomic E-state index is 11.4. The summed E-state index contributed by atoms with van der Waals surface area (Å²) in [7, 11) is -3.02. The minimum atomic E-state index is -3.02. The van der Waals surface area contributed by atoms with E-state index in [9.17, 15) is 8.42 Å². The number of thioether (sulfide) groups is 1. The van der Waals surface area contributed by atoms with E-state index in [-0.39, 0.29) is 11.2 Å². The summed E-state index contributed by atoms with van der Waals surface area (Å²) in [5, 5.41) is 9.35. The molecule has 2 aromatic heterocycles. The summed E-state index contributed by atoms with van der Waals surface area (Å²) in [5.74, 6) is 2.05. The molecule has 0 saturated heterocycles. The molecule has 3 aromatic rings. The smallest absolute Gasteiger partial charge is 0.191 e. The third-order valence-corrected chi connectivity index (χ3v) is 6.48. The molecule has 0 radical (unpaired) electrons. The van der Waals surface area contributed by atoms with E-state index >= 15 is 0 Å². The molecule has 28 heavy (non-hydrogen) atoms. The Hall–Kier alpha value is -2.06. The van der Waals surface area contributed by atoms with Gasteiger partial charge in [-0.2, -0.15) is 0 Å². The Labute approximate surface area is 170 Å². The van der Waals surface area contributed by atoms with E-state index < -0.39 is 9.84 Å². The van der Waals surface area contributed by atoms with Crippen LogP contribution in [-0.4, -0.2) is 40.9 Å². The van der Waals surface area contributed by atoms with Crippen molar-refractivity contribution in [1.29, 1.82) is 0 Å². The highest BCUT2D eigenvalue weighted by Gasteiger charge is 2.18. The molecule has 150 valence electrons. The number of hydrogen-bond donors (Lipinski definition) is 0. The third-order valence-electron chi connectivity index (χ3n) is 4.31. The first-order chi connectivity index (χ1) is 13.1. The van der Waals surface area contributed by atoms with E-state index in [2.05, 4.69) is 43.1 Å². The van der Waals surface area contributed by atoms with Gasteiger partial charge in [-0.1, -0.05) is 56.8 Å². The van der Waals surface area contributed by atoms with Crippen LogP contribution in [0.25, 0.3) is 11.4 Å². The molecule has 0 spiro atoms. The van der Waals surface area contributed by atoms with E-state index in [1.165, 1.54) is 23.6 Å². The van der Waals surface area contributed by atoms with Crippen molar-refractivity contribution in [2.24, 2.45) is 0 Å². The van der Waals surface area contributed by atoms with Crippen molar-refractivity contribution in [1.82, 2.24) is 14.8 Å². The Balaban J connectivity index is 1.91. The molecular formula is C20H25N3O3S2. The molecule has 0 unspecified atom stereocenters. The first-order valence-electron chi connectivity index (χ1n) is 9.00. The maximum absolute atomic E-state index is 11.4. The zero-order chi connectivity index (χ0) is 20.4. The Bertz CT molecular complexity index is 1020. The van der Waals surface area contributed by atoms with Gasteiger partial charge >= 0.3 is 0 Å². The van der Waals surface area contributed by atoms with Gasteiger partial charge in [0.2, 0.25) is 0 Å².